The normalized spacial score (nSPS) is 39.9. The third-order valence-corrected chi connectivity index (χ3v) is 5.48. The Morgan fingerprint density at radius 3 is 1.38 bits per heavy atom. The predicted molar refractivity (Wildman–Crippen MR) is 62.5 cm³/mol. The topological polar surface area (TPSA) is 9.23 Å². The zero-order chi connectivity index (χ0) is 15.7. The second kappa shape index (κ2) is 4.30. The van der Waals surface area contributed by atoms with Gasteiger partial charge in [0.05, 0.1) is 5.60 Å². The summed E-state index contributed by atoms with van der Waals surface area (Å²) in [6.07, 6.45) is -7.14. The highest BCUT2D eigenvalue weighted by Crippen LogP contribution is 2.60. The summed E-state index contributed by atoms with van der Waals surface area (Å²) >= 11 is 0. The van der Waals surface area contributed by atoms with E-state index in [0.29, 0.717) is 19.3 Å². The molecule has 0 heterocycles. The van der Waals surface area contributed by atoms with Crippen molar-refractivity contribution in [1.29, 1.82) is 0 Å². The maximum absolute atomic E-state index is 13.0. The van der Waals surface area contributed by atoms with Crippen molar-refractivity contribution in [3.8, 4) is 0 Å². The van der Waals surface area contributed by atoms with Gasteiger partial charge >= 0.3 is 12.4 Å². The monoisotopic (exact) mass is 316 g/mol. The summed E-state index contributed by atoms with van der Waals surface area (Å²) < 4.78 is 83.2. The van der Waals surface area contributed by atoms with E-state index in [-0.39, 0.29) is 24.7 Å². The van der Waals surface area contributed by atoms with Gasteiger partial charge in [-0.3, -0.25) is 0 Å². The Hall–Kier alpha value is -0.460. The molecule has 0 unspecified atom stereocenters. The van der Waals surface area contributed by atoms with Crippen LogP contribution in [0.1, 0.15) is 45.4 Å². The van der Waals surface area contributed by atoms with Crippen LogP contribution in [0.3, 0.4) is 0 Å². The summed E-state index contributed by atoms with van der Waals surface area (Å²) in [6, 6.07) is 0. The minimum Gasteiger partial charge on any atom is -0.351 e. The van der Waals surface area contributed by atoms with E-state index in [2.05, 4.69) is 0 Å². The van der Waals surface area contributed by atoms with Gasteiger partial charge in [-0.15, -0.1) is 0 Å². The van der Waals surface area contributed by atoms with Gasteiger partial charge in [0.15, 0.2) is 0 Å². The van der Waals surface area contributed by atoms with E-state index >= 15 is 0 Å². The van der Waals surface area contributed by atoms with Crippen molar-refractivity contribution in [2.45, 2.75) is 69.0 Å². The molecule has 0 N–H and O–H groups in total. The van der Waals surface area contributed by atoms with E-state index in [1.165, 1.54) is 0 Å². The molecule has 4 saturated carbocycles. The van der Waals surface area contributed by atoms with Crippen molar-refractivity contribution in [2.75, 3.05) is 0 Å². The molecule has 4 aliphatic rings. The van der Waals surface area contributed by atoms with E-state index in [1.807, 2.05) is 0 Å². The Morgan fingerprint density at radius 2 is 1.10 bits per heavy atom. The van der Waals surface area contributed by atoms with Crippen LogP contribution in [0, 0.1) is 17.8 Å². The molecule has 4 aliphatic carbocycles. The molecule has 1 nitrogen and oxygen atoms in total. The third-order valence-electron chi connectivity index (χ3n) is 5.48. The lowest BCUT2D eigenvalue weighted by atomic mass is 9.54. The minimum atomic E-state index is -5.46. The predicted octanol–water partition coefficient (Wildman–Crippen LogP) is 4.86. The molecule has 0 saturated heterocycles. The lowest BCUT2D eigenvalue weighted by Gasteiger charge is -2.58. The fraction of sp³-hybridized carbons (Fsp3) is 1.00. The summed E-state index contributed by atoms with van der Waals surface area (Å²) in [5, 5.41) is 0. The van der Waals surface area contributed by atoms with Crippen LogP contribution in [0.2, 0.25) is 0 Å². The van der Waals surface area contributed by atoms with Crippen LogP contribution < -0.4 is 0 Å². The molecule has 0 aliphatic heterocycles. The number of halogens is 6. The second-order valence-electron chi connectivity index (χ2n) is 7.23. The molecule has 4 bridgehead atoms. The molecule has 7 heteroatoms. The van der Waals surface area contributed by atoms with Crippen LogP contribution in [0.4, 0.5) is 26.3 Å². The molecule has 0 atom stereocenters. The van der Waals surface area contributed by atoms with Gasteiger partial charge in [-0.1, -0.05) is 0 Å². The number of ether oxygens (including phenoxy) is 1. The Kier molecular flexibility index (Phi) is 3.16. The number of rotatable bonds is 2. The first-order valence-corrected chi connectivity index (χ1v) is 7.28. The molecule has 0 radical (unpaired) electrons. The van der Waals surface area contributed by atoms with Gasteiger partial charge in [0.25, 0.3) is 5.60 Å². The number of hydrogen-bond acceptors (Lipinski definition) is 1. The summed E-state index contributed by atoms with van der Waals surface area (Å²) in [7, 11) is 0. The Morgan fingerprint density at radius 1 is 0.762 bits per heavy atom. The lowest BCUT2D eigenvalue weighted by molar-refractivity contribution is -0.406. The van der Waals surface area contributed by atoms with Crippen molar-refractivity contribution >= 4 is 0 Å². The summed E-state index contributed by atoms with van der Waals surface area (Å²) in [6.45, 7) is 0.131. The molecule has 21 heavy (non-hydrogen) atoms. The van der Waals surface area contributed by atoms with Crippen LogP contribution in [-0.4, -0.2) is 23.6 Å². The molecule has 4 rings (SSSR count). The van der Waals surface area contributed by atoms with Gasteiger partial charge in [-0.05, 0) is 63.2 Å². The first-order valence-electron chi connectivity index (χ1n) is 7.28. The molecule has 0 aromatic heterocycles. The summed E-state index contributed by atoms with van der Waals surface area (Å²) in [5.41, 5.74) is -5.32. The van der Waals surface area contributed by atoms with Crippen LogP contribution in [0.25, 0.3) is 0 Å². The minimum absolute atomic E-state index is 0.131. The number of hydrogen-bond donors (Lipinski definition) is 0. The van der Waals surface area contributed by atoms with Crippen LogP contribution in [0.15, 0.2) is 0 Å². The smallest absolute Gasteiger partial charge is 0.351 e. The molecule has 0 aromatic carbocycles. The first kappa shape index (κ1) is 15.4. The zero-order valence-electron chi connectivity index (χ0n) is 11.7. The van der Waals surface area contributed by atoms with Crippen molar-refractivity contribution in [1.82, 2.24) is 0 Å². The third kappa shape index (κ3) is 2.35. The van der Waals surface area contributed by atoms with Crippen molar-refractivity contribution in [3.05, 3.63) is 0 Å². The van der Waals surface area contributed by atoms with Crippen LogP contribution >= 0.6 is 0 Å². The van der Waals surface area contributed by atoms with E-state index in [9.17, 15) is 26.3 Å². The zero-order valence-corrected chi connectivity index (χ0v) is 11.7. The highest BCUT2D eigenvalue weighted by atomic mass is 19.4. The Bertz CT molecular complexity index is 375. The molecular formula is C14H18F6O. The Labute approximate surface area is 119 Å². The van der Waals surface area contributed by atoms with Crippen LogP contribution in [-0.2, 0) is 4.74 Å². The second-order valence-corrected chi connectivity index (χ2v) is 7.23. The van der Waals surface area contributed by atoms with Gasteiger partial charge in [-0.25, -0.2) is 0 Å². The van der Waals surface area contributed by atoms with Gasteiger partial charge in [0, 0.05) is 0 Å². The summed E-state index contributed by atoms with van der Waals surface area (Å²) in [4.78, 5) is 0. The van der Waals surface area contributed by atoms with Crippen molar-refractivity contribution < 1.29 is 31.1 Å². The lowest BCUT2D eigenvalue weighted by Crippen LogP contribution is -2.63. The largest absolute Gasteiger partial charge is 0.426 e. The maximum atomic E-state index is 13.0. The highest BCUT2D eigenvalue weighted by Gasteiger charge is 2.72. The quantitative estimate of drug-likeness (QED) is 0.661. The maximum Gasteiger partial charge on any atom is 0.426 e. The molecular weight excluding hydrogens is 298 g/mol. The van der Waals surface area contributed by atoms with Gasteiger partial charge in [-0.2, -0.15) is 26.3 Å². The average molecular weight is 316 g/mol. The van der Waals surface area contributed by atoms with Crippen molar-refractivity contribution in [3.63, 3.8) is 0 Å². The van der Waals surface area contributed by atoms with Crippen molar-refractivity contribution in [2.24, 2.45) is 17.8 Å². The van der Waals surface area contributed by atoms with E-state index in [4.69, 9.17) is 4.74 Å². The molecule has 0 spiro atoms. The van der Waals surface area contributed by atoms with E-state index < -0.39 is 23.6 Å². The molecule has 4 fully saturated rings. The standard InChI is InChI=1S/C14H18F6O/c1-11(13(15,16)17,14(18,19)20)21-12-5-8-2-9(6-12)4-10(3-8)7-12/h8-10H,2-7H2,1H3. The Balaban J connectivity index is 1.90. The molecule has 0 amide bonds. The van der Waals surface area contributed by atoms with Gasteiger partial charge in [0.2, 0.25) is 0 Å². The van der Waals surface area contributed by atoms with E-state index in [1.54, 1.807) is 0 Å². The molecule has 0 aromatic rings. The molecule has 122 valence electrons. The van der Waals surface area contributed by atoms with Crippen LogP contribution in [0.5, 0.6) is 0 Å². The highest BCUT2D eigenvalue weighted by molar-refractivity contribution is 5.06. The fourth-order valence-electron chi connectivity index (χ4n) is 4.87. The summed E-state index contributed by atoms with van der Waals surface area (Å²) in [5.74, 6) is 0.672. The average Bonchev–Trinajstić information content (AvgIpc) is 2.22. The fourth-order valence-corrected chi connectivity index (χ4v) is 4.87. The van der Waals surface area contributed by atoms with Gasteiger partial charge < -0.3 is 4.74 Å². The van der Waals surface area contributed by atoms with Gasteiger partial charge in [0.1, 0.15) is 0 Å². The first-order chi connectivity index (χ1) is 9.44. The van der Waals surface area contributed by atoms with E-state index in [0.717, 1.165) is 19.3 Å². The number of alkyl halides is 6. The SMILES string of the molecule is CC(OC12CC3CC(CC(C3)C1)C2)(C(F)(F)F)C(F)(F)F.